The fourth-order valence-electron chi connectivity index (χ4n) is 2.42. The highest BCUT2D eigenvalue weighted by Crippen LogP contribution is 2.25. The lowest BCUT2D eigenvalue weighted by Gasteiger charge is -2.12. The molecule has 0 bridgehead atoms. The number of amides is 1. The van der Waals surface area contributed by atoms with E-state index in [2.05, 4.69) is 5.32 Å². The maximum atomic E-state index is 12.2. The highest BCUT2D eigenvalue weighted by molar-refractivity contribution is 5.91. The van der Waals surface area contributed by atoms with Crippen LogP contribution in [0.1, 0.15) is 23.1 Å². The van der Waals surface area contributed by atoms with Crippen molar-refractivity contribution in [1.29, 1.82) is 0 Å². The van der Waals surface area contributed by atoms with Crippen molar-refractivity contribution in [3.05, 3.63) is 53.1 Å². The van der Waals surface area contributed by atoms with Crippen molar-refractivity contribution < 1.29 is 14.3 Å². The fourth-order valence-corrected chi connectivity index (χ4v) is 2.42. The molecule has 0 fully saturated rings. The molecule has 0 aliphatic carbocycles. The van der Waals surface area contributed by atoms with E-state index in [0.717, 1.165) is 33.9 Å². The van der Waals surface area contributed by atoms with Crippen molar-refractivity contribution in [2.24, 2.45) is 0 Å². The van der Waals surface area contributed by atoms with Gasteiger partial charge in [0.05, 0.1) is 14.2 Å². The minimum atomic E-state index is -0.0106. The van der Waals surface area contributed by atoms with Crippen LogP contribution in [0.4, 0.5) is 5.69 Å². The second kappa shape index (κ2) is 7.68. The third kappa shape index (κ3) is 4.25. The number of hydrogen-bond donors (Lipinski definition) is 1. The van der Waals surface area contributed by atoms with E-state index in [1.54, 1.807) is 14.2 Å². The predicted octanol–water partition coefficient (Wildman–Crippen LogP) is 3.89. The van der Waals surface area contributed by atoms with Crippen molar-refractivity contribution in [3.63, 3.8) is 0 Å². The van der Waals surface area contributed by atoms with E-state index < -0.39 is 0 Å². The van der Waals surface area contributed by atoms with Gasteiger partial charge in [0.2, 0.25) is 5.91 Å². The molecule has 2 rings (SSSR count). The topological polar surface area (TPSA) is 47.6 Å². The Kier molecular flexibility index (Phi) is 5.63. The summed E-state index contributed by atoms with van der Waals surface area (Å²) in [4.78, 5) is 12.2. The van der Waals surface area contributed by atoms with Crippen molar-refractivity contribution in [3.8, 4) is 11.5 Å². The zero-order chi connectivity index (χ0) is 16.8. The van der Waals surface area contributed by atoms with Crippen molar-refractivity contribution in [1.82, 2.24) is 0 Å². The molecule has 0 radical (unpaired) electrons. The molecule has 0 atom stereocenters. The van der Waals surface area contributed by atoms with Crippen LogP contribution in [0, 0.1) is 13.8 Å². The number of rotatable bonds is 6. The molecule has 0 saturated heterocycles. The third-order valence-corrected chi connectivity index (χ3v) is 3.99. The van der Waals surface area contributed by atoms with Crippen LogP contribution in [0.5, 0.6) is 11.5 Å². The first kappa shape index (κ1) is 16.9. The fraction of sp³-hybridized carbons (Fsp3) is 0.316. The van der Waals surface area contributed by atoms with E-state index in [-0.39, 0.29) is 5.91 Å². The van der Waals surface area contributed by atoms with E-state index in [9.17, 15) is 4.79 Å². The second-order valence-corrected chi connectivity index (χ2v) is 5.47. The van der Waals surface area contributed by atoms with E-state index in [0.29, 0.717) is 12.8 Å². The molecule has 0 aliphatic rings. The quantitative estimate of drug-likeness (QED) is 0.880. The SMILES string of the molecule is COc1ccc(OC)c(CCC(=O)Nc2cccc(C)c2C)c1. The number of benzene rings is 2. The Balaban J connectivity index is 2.03. The molecule has 0 heterocycles. The number of aryl methyl sites for hydroxylation is 2. The average molecular weight is 313 g/mol. The van der Waals surface area contributed by atoms with Gasteiger partial charge in [-0.15, -0.1) is 0 Å². The lowest BCUT2D eigenvalue weighted by atomic mass is 10.1. The van der Waals surface area contributed by atoms with Crippen molar-refractivity contribution in [2.45, 2.75) is 26.7 Å². The minimum Gasteiger partial charge on any atom is -0.497 e. The molecule has 2 aromatic carbocycles. The summed E-state index contributed by atoms with van der Waals surface area (Å²) < 4.78 is 10.6. The second-order valence-electron chi connectivity index (χ2n) is 5.47. The molecule has 0 aromatic heterocycles. The predicted molar refractivity (Wildman–Crippen MR) is 92.4 cm³/mol. The lowest BCUT2D eigenvalue weighted by molar-refractivity contribution is -0.116. The number of anilines is 1. The van der Waals surface area contributed by atoms with E-state index >= 15 is 0 Å². The minimum absolute atomic E-state index is 0.0106. The Labute approximate surface area is 137 Å². The van der Waals surface area contributed by atoms with Gasteiger partial charge >= 0.3 is 0 Å². The molecule has 0 saturated carbocycles. The molecule has 1 N–H and O–H groups in total. The van der Waals surface area contributed by atoms with Crippen molar-refractivity contribution >= 4 is 11.6 Å². The summed E-state index contributed by atoms with van der Waals surface area (Å²) in [6.07, 6.45) is 0.980. The Morgan fingerprint density at radius 2 is 1.87 bits per heavy atom. The highest BCUT2D eigenvalue weighted by atomic mass is 16.5. The molecule has 1 amide bonds. The lowest BCUT2D eigenvalue weighted by Crippen LogP contribution is -2.13. The molecule has 0 unspecified atom stereocenters. The number of methoxy groups -OCH3 is 2. The summed E-state index contributed by atoms with van der Waals surface area (Å²) in [5.41, 5.74) is 4.09. The Hall–Kier alpha value is -2.49. The van der Waals surface area contributed by atoms with Gasteiger partial charge in [-0.2, -0.15) is 0 Å². The molecule has 2 aromatic rings. The van der Waals surface area contributed by atoms with Crippen LogP contribution in [0.2, 0.25) is 0 Å². The summed E-state index contributed by atoms with van der Waals surface area (Å²) in [6.45, 7) is 4.04. The molecule has 0 spiro atoms. The summed E-state index contributed by atoms with van der Waals surface area (Å²) in [5, 5.41) is 2.98. The maximum absolute atomic E-state index is 12.2. The molecule has 122 valence electrons. The van der Waals surface area contributed by atoms with Crippen LogP contribution in [0.15, 0.2) is 36.4 Å². The number of nitrogens with one attached hydrogen (secondary N) is 1. The Morgan fingerprint density at radius 1 is 1.09 bits per heavy atom. The van der Waals surface area contributed by atoms with Gasteiger partial charge in [-0.05, 0) is 61.2 Å². The Bertz CT molecular complexity index is 695. The highest BCUT2D eigenvalue weighted by Gasteiger charge is 2.10. The summed E-state index contributed by atoms with van der Waals surface area (Å²) in [5.74, 6) is 1.52. The van der Waals surface area contributed by atoms with Crippen molar-refractivity contribution in [2.75, 3.05) is 19.5 Å². The number of hydrogen-bond acceptors (Lipinski definition) is 3. The summed E-state index contributed by atoms with van der Waals surface area (Å²) in [6, 6.07) is 11.5. The third-order valence-electron chi connectivity index (χ3n) is 3.99. The zero-order valence-corrected chi connectivity index (χ0v) is 14.1. The smallest absolute Gasteiger partial charge is 0.224 e. The molecule has 4 heteroatoms. The van der Waals surface area contributed by atoms with Gasteiger partial charge < -0.3 is 14.8 Å². The molecule has 23 heavy (non-hydrogen) atoms. The van der Waals surface area contributed by atoms with Crippen LogP contribution in [-0.2, 0) is 11.2 Å². The first-order chi connectivity index (χ1) is 11.0. The average Bonchev–Trinajstić information content (AvgIpc) is 2.56. The standard InChI is InChI=1S/C19H23NO3/c1-13-6-5-7-17(14(13)2)20-19(21)11-8-15-12-16(22-3)9-10-18(15)23-4/h5-7,9-10,12H,8,11H2,1-4H3,(H,20,21). The van der Waals surface area contributed by atoms with Gasteiger partial charge in [0.15, 0.2) is 0 Å². The summed E-state index contributed by atoms with van der Waals surface area (Å²) in [7, 11) is 3.25. The van der Waals surface area contributed by atoms with Gasteiger partial charge in [-0.3, -0.25) is 4.79 Å². The van der Waals surface area contributed by atoms with Gasteiger partial charge in [-0.25, -0.2) is 0 Å². The first-order valence-electron chi connectivity index (χ1n) is 7.62. The number of carbonyl (C=O) groups is 1. The number of carbonyl (C=O) groups excluding carboxylic acids is 1. The van der Waals surface area contributed by atoms with Gasteiger partial charge in [0.25, 0.3) is 0 Å². The molecule has 4 nitrogen and oxygen atoms in total. The monoisotopic (exact) mass is 313 g/mol. The van der Waals surface area contributed by atoms with Gasteiger partial charge in [-0.1, -0.05) is 12.1 Å². The van der Waals surface area contributed by atoms with E-state index in [1.807, 2.05) is 50.2 Å². The number of ether oxygens (including phenoxy) is 2. The molecular formula is C19H23NO3. The molecular weight excluding hydrogens is 290 g/mol. The van der Waals surface area contributed by atoms with E-state index in [4.69, 9.17) is 9.47 Å². The first-order valence-corrected chi connectivity index (χ1v) is 7.62. The van der Waals surface area contributed by atoms with Crippen LogP contribution < -0.4 is 14.8 Å². The zero-order valence-electron chi connectivity index (χ0n) is 14.1. The normalized spacial score (nSPS) is 10.3. The van der Waals surface area contributed by atoms with Crippen LogP contribution in [0.25, 0.3) is 0 Å². The summed E-state index contributed by atoms with van der Waals surface area (Å²) >= 11 is 0. The van der Waals surface area contributed by atoms with E-state index in [1.165, 1.54) is 0 Å². The Morgan fingerprint density at radius 3 is 2.57 bits per heavy atom. The molecule has 0 aliphatic heterocycles. The van der Waals surface area contributed by atoms with Gasteiger partial charge in [0.1, 0.15) is 11.5 Å². The van der Waals surface area contributed by atoms with Crippen LogP contribution in [-0.4, -0.2) is 20.1 Å². The largest absolute Gasteiger partial charge is 0.497 e. The maximum Gasteiger partial charge on any atom is 0.224 e. The van der Waals surface area contributed by atoms with Crippen LogP contribution in [0.3, 0.4) is 0 Å². The van der Waals surface area contributed by atoms with Gasteiger partial charge in [0, 0.05) is 12.1 Å². The van der Waals surface area contributed by atoms with Crippen LogP contribution >= 0.6 is 0 Å².